The third-order valence-electron chi connectivity index (χ3n) is 4.46. The van der Waals surface area contributed by atoms with Crippen LogP contribution < -0.4 is 5.32 Å². The Morgan fingerprint density at radius 3 is 2.65 bits per heavy atom. The van der Waals surface area contributed by atoms with Crippen molar-refractivity contribution >= 4 is 11.8 Å². The zero-order chi connectivity index (χ0) is 16.7. The zero-order valence-electron chi connectivity index (χ0n) is 14.0. The monoisotopic (exact) mass is 318 g/mol. The van der Waals surface area contributed by atoms with Crippen LogP contribution in [0.1, 0.15) is 18.4 Å². The lowest BCUT2D eigenvalue weighted by molar-refractivity contribution is -0.130. The molecule has 1 aromatic rings. The molecule has 1 fully saturated rings. The van der Waals surface area contributed by atoms with Crippen molar-refractivity contribution in [2.75, 3.05) is 33.9 Å². The summed E-state index contributed by atoms with van der Waals surface area (Å²) in [6.45, 7) is 1.61. The van der Waals surface area contributed by atoms with E-state index in [-0.39, 0.29) is 23.7 Å². The highest BCUT2D eigenvalue weighted by Gasteiger charge is 2.38. The summed E-state index contributed by atoms with van der Waals surface area (Å²) in [6.07, 6.45) is 2.26. The van der Waals surface area contributed by atoms with Gasteiger partial charge in [-0.15, -0.1) is 0 Å². The van der Waals surface area contributed by atoms with Gasteiger partial charge in [0.1, 0.15) is 0 Å². The van der Waals surface area contributed by atoms with Gasteiger partial charge in [0, 0.05) is 39.6 Å². The van der Waals surface area contributed by atoms with E-state index in [9.17, 15) is 9.59 Å². The van der Waals surface area contributed by atoms with E-state index in [2.05, 4.69) is 17.4 Å². The number of rotatable bonds is 7. The molecule has 0 aliphatic carbocycles. The molecule has 2 rings (SSSR count). The summed E-state index contributed by atoms with van der Waals surface area (Å²) in [5.74, 6) is 0.0381. The van der Waals surface area contributed by atoms with E-state index in [1.807, 2.05) is 23.1 Å². The lowest BCUT2D eigenvalue weighted by atomic mass is 9.96. The normalized spacial score (nSPS) is 20.5. The lowest BCUT2D eigenvalue weighted by Crippen LogP contribution is -2.34. The van der Waals surface area contributed by atoms with Crippen LogP contribution in [0.3, 0.4) is 0 Å². The number of aryl methyl sites for hydroxylation is 1. The van der Waals surface area contributed by atoms with Crippen LogP contribution >= 0.6 is 0 Å². The summed E-state index contributed by atoms with van der Waals surface area (Å²) < 4.78 is 5.20. The molecule has 1 heterocycles. The van der Waals surface area contributed by atoms with E-state index in [1.165, 1.54) is 5.56 Å². The number of carbonyl (C=O) groups is 2. The topological polar surface area (TPSA) is 58.6 Å². The maximum absolute atomic E-state index is 12.4. The Morgan fingerprint density at radius 2 is 2.00 bits per heavy atom. The molecule has 0 radical (unpaired) electrons. The maximum atomic E-state index is 12.4. The van der Waals surface area contributed by atoms with E-state index >= 15 is 0 Å². The van der Waals surface area contributed by atoms with Crippen molar-refractivity contribution < 1.29 is 14.3 Å². The first-order valence-corrected chi connectivity index (χ1v) is 8.18. The molecule has 23 heavy (non-hydrogen) atoms. The van der Waals surface area contributed by atoms with Gasteiger partial charge in [-0.25, -0.2) is 0 Å². The van der Waals surface area contributed by atoms with Crippen LogP contribution in [-0.2, 0) is 20.7 Å². The quantitative estimate of drug-likeness (QED) is 0.828. The highest BCUT2D eigenvalue weighted by molar-refractivity contribution is 5.82. The van der Waals surface area contributed by atoms with Gasteiger partial charge in [0.05, 0.1) is 12.5 Å². The van der Waals surface area contributed by atoms with E-state index in [4.69, 9.17) is 4.74 Å². The van der Waals surface area contributed by atoms with Gasteiger partial charge in [-0.3, -0.25) is 9.59 Å². The number of carbonyl (C=O) groups excluding carboxylic acids is 2. The van der Waals surface area contributed by atoms with Crippen molar-refractivity contribution in [3.63, 3.8) is 0 Å². The standard InChI is InChI=1S/C18H26N2O3/c1-19-18(22)16-12-20(11-15(16)13-23-2)17(21)10-6-9-14-7-4-3-5-8-14/h3-5,7-8,15-16H,6,9-13H2,1-2H3,(H,19,22)/t15-,16+/m0/s1. The number of hydrogen-bond acceptors (Lipinski definition) is 3. The van der Waals surface area contributed by atoms with Crippen molar-refractivity contribution in [2.45, 2.75) is 19.3 Å². The van der Waals surface area contributed by atoms with Gasteiger partial charge < -0.3 is 15.0 Å². The average Bonchev–Trinajstić information content (AvgIpc) is 2.99. The number of hydrogen-bond donors (Lipinski definition) is 1. The van der Waals surface area contributed by atoms with Gasteiger partial charge in [0.25, 0.3) is 0 Å². The zero-order valence-corrected chi connectivity index (χ0v) is 14.0. The number of likely N-dealkylation sites (tertiary alicyclic amines) is 1. The average molecular weight is 318 g/mol. The third kappa shape index (κ3) is 4.79. The maximum Gasteiger partial charge on any atom is 0.225 e. The molecule has 126 valence electrons. The third-order valence-corrected chi connectivity index (χ3v) is 4.46. The molecule has 1 saturated heterocycles. The molecule has 0 aromatic heterocycles. The molecule has 0 saturated carbocycles. The molecule has 0 spiro atoms. The molecule has 1 aliphatic heterocycles. The molecule has 2 amide bonds. The first-order chi connectivity index (χ1) is 11.2. The minimum Gasteiger partial charge on any atom is -0.384 e. The largest absolute Gasteiger partial charge is 0.384 e. The molecule has 2 atom stereocenters. The van der Waals surface area contributed by atoms with Gasteiger partial charge in [-0.05, 0) is 18.4 Å². The van der Waals surface area contributed by atoms with Crippen LogP contribution in [0.2, 0.25) is 0 Å². The summed E-state index contributed by atoms with van der Waals surface area (Å²) in [4.78, 5) is 26.2. The molecule has 5 nitrogen and oxygen atoms in total. The van der Waals surface area contributed by atoms with Crippen molar-refractivity contribution in [1.29, 1.82) is 0 Å². The Balaban J connectivity index is 1.83. The summed E-state index contributed by atoms with van der Waals surface area (Å²) >= 11 is 0. The number of benzene rings is 1. The van der Waals surface area contributed by atoms with Crippen LogP contribution in [0.5, 0.6) is 0 Å². The highest BCUT2D eigenvalue weighted by Crippen LogP contribution is 2.25. The lowest BCUT2D eigenvalue weighted by Gasteiger charge is -2.16. The van der Waals surface area contributed by atoms with Crippen LogP contribution in [0.4, 0.5) is 0 Å². The number of nitrogens with zero attached hydrogens (tertiary/aromatic N) is 1. The number of nitrogens with one attached hydrogen (secondary N) is 1. The predicted octanol–water partition coefficient (Wildman–Crippen LogP) is 1.48. The molecule has 0 unspecified atom stereocenters. The van der Waals surface area contributed by atoms with Gasteiger partial charge in [-0.2, -0.15) is 0 Å². The molecular formula is C18H26N2O3. The fourth-order valence-corrected chi connectivity index (χ4v) is 3.19. The molecule has 5 heteroatoms. The van der Waals surface area contributed by atoms with Crippen molar-refractivity contribution in [3.05, 3.63) is 35.9 Å². The summed E-state index contributed by atoms with van der Waals surface area (Å²) in [6, 6.07) is 10.2. The number of methoxy groups -OCH3 is 1. The van der Waals surface area contributed by atoms with Gasteiger partial charge in [-0.1, -0.05) is 30.3 Å². The molecule has 0 bridgehead atoms. The number of ether oxygens (including phenoxy) is 1. The van der Waals surface area contributed by atoms with E-state index in [1.54, 1.807) is 14.2 Å². The number of amides is 2. The van der Waals surface area contributed by atoms with Crippen LogP contribution in [-0.4, -0.2) is 50.6 Å². The summed E-state index contributed by atoms with van der Waals surface area (Å²) in [5, 5.41) is 2.69. The second-order valence-corrected chi connectivity index (χ2v) is 6.07. The second-order valence-electron chi connectivity index (χ2n) is 6.07. The Morgan fingerprint density at radius 1 is 1.26 bits per heavy atom. The molecule has 1 aromatic carbocycles. The fraction of sp³-hybridized carbons (Fsp3) is 0.556. The van der Waals surface area contributed by atoms with Crippen molar-refractivity contribution in [2.24, 2.45) is 11.8 Å². The second kappa shape index (κ2) is 8.67. The van der Waals surface area contributed by atoms with E-state index < -0.39 is 0 Å². The van der Waals surface area contributed by atoms with Crippen LogP contribution in [0.25, 0.3) is 0 Å². The van der Waals surface area contributed by atoms with Crippen LogP contribution in [0.15, 0.2) is 30.3 Å². The SMILES string of the molecule is CNC(=O)[C@@H]1CN(C(=O)CCCc2ccccc2)C[C@H]1COC. The fourth-order valence-electron chi connectivity index (χ4n) is 3.19. The Kier molecular flexibility index (Phi) is 6.59. The molecular weight excluding hydrogens is 292 g/mol. The van der Waals surface area contributed by atoms with Crippen molar-refractivity contribution in [1.82, 2.24) is 10.2 Å². The smallest absolute Gasteiger partial charge is 0.225 e. The van der Waals surface area contributed by atoms with E-state index in [0.29, 0.717) is 26.1 Å². The van der Waals surface area contributed by atoms with Gasteiger partial charge in [0.15, 0.2) is 0 Å². The first kappa shape index (κ1) is 17.5. The highest BCUT2D eigenvalue weighted by atomic mass is 16.5. The molecule has 1 aliphatic rings. The first-order valence-electron chi connectivity index (χ1n) is 8.18. The predicted molar refractivity (Wildman–Crippen MR) is 88.9 cm³/mol. The Labute approximate surface area is 138 Å². The Bertz CT molecular complexity index is 518. The van der Waals surface area contributed by atoms with Crippen molar-refractivity contribution in [3.8, 4) is 0 Å². The van der Waals surface area contributed by atoms with Gasteiger partial charge >= 0.3 is 0 Å². The summed E-state index contributed by atoms with van der Waals surface area (Å²) in [5.41, 5.74) is 1.25. The Hall–Kier alpha value is -1.88. The molecule has 1 N–H and O–H groups in total. The van der Waals surface area contributed by atoms with Crippen LogP contribution in [0, 0.1) is 11.8 Å². The van der Waals surface area contributed by atoms with E-state index in [0.717, 1.165) is 12.8 Å². The minimum absolute atomic E-state index is 0.00774. The summed E-state index contributed by atoms with van der Waals surface area (Å²) in [7, 11) is 3.27. The minimum atomic E-state index is -0.168. The van der Waals surface area contributed by atoms with Gasteiger partial charge in [0.2, 0.25) is 11.8 Å².